The molecule has 0 spiro atoms. The van der Waals surface area contributed by atoms with Gasteiger partial charge in [-0.25, -0.2) is 0 Å². The first-order valence-corrected chi connectivity index (χ1v) is 10.8. The molecule has 1 aromatic carbocycles. The van der Waals surface area contributed by atoms with Crippen molar-refractivity contribution in [3.05, 3.63) is 47.3 Å². The number of aromatic nitrogens is 3. The van der Waals surface area contributed by atoms with Gasteiger partial charge in [-0.05, 0) is 43.5 Å². The first-order chi connectivity index (χ1) is 13.6. The molecule has 150 valence electrons. The molecule has 1 aliphatic carbocycles. The van der Waals surface area contributed by atoms with Crippen LogP contribution in [0.2, 0.25) is 5.02 Å². The molecule has 0 saturated heterocycles. The van der Waals surface area contributed by atoms with Gasteiger partial charge in [0.2, 0.25) is 5.91 Å². The van der Waals surface area contributed by atoms with Crippen molar-refractivity contribution in [2.24, 2.45) is 0 Å². The second-order valence-electron chi connectivity index (χ2n) is 6.83. The Morgan fingerprint density at radius 2 is 2.21 bits per heavy atom. The van der Waals surface area contributed by atoms with E-state index < -0.39 is 0 Å². The number of carbonyl (C=O) groups excluding carboxylic acids is 1. The fraction of sp³-hybridized carbons (Fsp3) is 0.450. The average molecular weight is 421 g/mol. The summed E-state index contributed by atoms with van der Waals surface area (Å²) in [6.07, 6.45) is 6.33. The molecule has 2 aromatic rings. The number of thioether (sulfide) groups is 1. The van der Waals surface area contributed by atoms with Crippen molar-refractivity contribution in [1.29, 1.82) is 0 Å². The second kappa shape index (κ2) is 9.98. The lowest BCUT2D eigenvalue weighted by molar-refractivity contribution is -0.119. The van der Waals surface area contributed by atoms with E-state index in [1.165, 1.54) is 24.6 Å². The van der Waals surface area contributed by atoms with E-state index in [-0.39, 0.29) is 12.5 Å². The van der Waals surface area contributed by atoms with Crippen LogP contribution in [0.15, 0.2) is 36.0 Å². The van der Waals surface area contributed by atoms with Crippen LogP contribution < -0.4 is 10.1 Å². The molecule has 1 aromatic heterocycles. The van der Waals surface area contributed by atoms with Crippen molar-refractivity contribution >= 4 is 29.3 Å². The highest BCUT2D eigenvalue weighted by atomic mass is 35.5. The molecular weight excluding hydrogens is 396 g/mol. The van der Waals surface area contributed by atoms with E-state index in [1.807, 2.05) is 23.6 Å². The van der Waals surface area contributed by atoms with Crippen LogP contribution in [-0.2, 0) is 17.9 Å². The van der Waals surface area contributed by atoms with E-state index >= 15 is 0 Å². The summed E-state index contributed by atoms with van der Waals surface area (Å²) in [6, 6.07) is 5.82. The number of nitrogens with one attached hydrogen (secondary N) is 1. The molecule has 0 radical (unpaired) electrons. The first-order valence-electron chi connectivity index (χ1n) is 9.41. The average Bonchev–Trinajstić information content (AvgIpc) is 3.30. The highest BCUT2D eigenvalue weighted by Crippen LogP contribution is 2.24. The molecule has 0 bridgehead atoms. The van der Waals surface area contributed by atoms with Gasteiger partial charge in [-0.3, -0.25) is 9.36 Å². The Hall–Kier alpha value is -1.99. The van der Waals surface area contributed by atoms with Crippen LogP contribution in [0.4, 0.5) is 0 Å². The van der Waals surface area contributed by atoms with Gasteiger partial charge in [-0.1, -0.05) is 42.3 Å². The summed E-state index contributed by atoms with van der Waals surface area (Å²) >= 11 is 7.37. The lowest BCUT2D eigenvalue weighted by Crippen LogP contribution is -2.33. The summed E-state index contributed by atoms with van der Waals surface area (Å²) in [7, 11) is 0. The monoisotopic (exact) mass is 420 g/mol. The SMILES string of the molecule is C=CCn1c(COc2ccc(Cl)cc2C)nnc1SCC(=O)NC1CCCC1. The molecule has 3 rings (SSSR count). The van der Waals surface area contributed by atoms with Crippen LogP contribution >= 0.6 is 23.4 Å². The molecule has 1 aliphatic rings. The number of amides is 1. The molecule has 6 nitrogen and oxygen atoms in total. The summed E-state index contributed by atoms with van der Waals surface area (Å²) in [5.74, 6) is 1.80. The molecule has 1 saturated carbocycles. The Bertz CT molecular complexity index is 834. The van der Waals surface area contributed by atoms with Gasteiger partial charge in [-0.15, -0.1) is 16.8 Å². The Morgan fingerprint density at radius 3 is 2.93 bits per heavy atom. The zero-order valence-corrected chi connectivity index (χ0v) is 17.6. The third-order valence-electron chi connectivity index (χ3n) is 4.65. The number of hydrogen-bond acceptors (Lipinski definition) is 5. The van der Waals surface area contributed by atoms with Crippen LogP contribution in [0.3, 0.4) is 0 Å². The van der Waals surface area contributed by atoms with Gasteiger partial charge in [0.05, 0.1) is 5.75 Å². The predicted molar refractivity (Wildman–Crippen MR) is 112 cm³/mol. The largest absolute Gasteiger partial charge is 0.485 e. The lowest BCUT2D eigenvalue weighted by Gasteiger charge is -2.12. The van der Waals surface area contributed by atoms with E-state index in [1.54, 1.807) is 12.1 Å². The van der Waals surface area contributed by atoms with Crippen molar-refractivity contribution in [2.75, 3.05) is 5.75 Å². The normalized spacial score (nSPS) is 14.2. The zero-order valence-electron chi connectivity index (χ0n) is 16.0. The maximum absolute atomic E-state index is 12.2. The first kappa shape index (κ1) is 20.7. The van der Waals surface area contributed by atoms with Crippen molar-refractivity contribution in [2.45, 2.75) is 57.0 Å². The zero-order chi connectivity index (χ0) is 19.9. The Labute approximate surface area is 174 Å². The van der Waals surface area contributed by atoms with E-state index in [4.69, 9.17) is 16.3 Å². The van der Waals surface area contributed by atoms with Crippen molar-refractivity contribution in [3.63, 3.8) is 0 Å². The molecular formula is C20H25ClN4O2S. The predicted octanol–water partition coefficient (Wildman–Crippen LogP) is 4.16. The van der Waals surface area contributed by atoms with Crippen LogP contribution in [-0.4, -0.2) is 32.5 Å². The van der Waals surface area contributed by atoms with Crippen LogP contribution in [0.5, 0.6) is 5.75 Å². The summed E-state index contributed by atoms with van der Waals surface area (Å²) in [5, 5.41) is 12.9. The van der Waals surface area contributed by atoms with Gasteiger partial charge in [-0.2, -0.15) is 0 Å². The van der Waals surface area contributed by atoms with Gasteiger partial charge in [0.15, 0.2) is 11.0 Å². The number of benzene rings is 1. The molecule has 1 N–H and O–H groups in total. The molecule has 1 fully saturated rings. The van der Waals surface area contributed by atoms with Gasteiger partial charge in [0, 0.05) is 17.6 Å². The van der Waals surface area contributed by atoms with Gasteiger partial charge in [0.25, 0.3) is 0 Å². The fourth-order valence-corrected chi connectivity index (χ4v) is 4.24. The van der Waals surface area contributed by atoms with Crippen molar-refractivity contribution in [3.8, 4) is 5.75 Å². The molecule has 0 aliphatic heterocycles. The third kappa shape index (κ3) is 5.52. The lowest BCUT2D eigenvalue weighted by atomic mass is 10.2. The fourth-order valence-electron chi connectivity index (χ4n) is 3.23. The maximum atomic E-state index is 12.2. The van der Waals surface area contributed by atoms with Crippen molar-refractivity contribution in [1.82, 2.24) is 20.1 Å². The standard InChI is InChI=1S/C20H25ClN4O2S/c1-3-10-25-18(12-27-17-9-8-15(21)11-14(17)2)23-24-20(25)28-13-19(26)22-16-6-4-5-7-16/h3,8-9,11,16H,1,4-7,10,12-13H2,2H3,(H,22,26). The van der Waals surface area contributed by atoms with E-state index in [0.29, 0.717) is 34.3 Å². The number of halogens is 1. The number of hydrogen-bond donors (Lipinski definition) is 1. The minimum Gasteiger partial charge on any atom is -0.485 e. The van der Waals surface area contributed by atoms with Crippen LogP contribution in [0.25, 0.3) is 0 Å². The van der Waals surface area contributed by atoms with E-state index in [2.05, 4.69) is 22.1 Å². The van der Waals surface area contributed by atoms with E-state index in [0.717, 1.165) is 24.2 Å². The highest BCUT2D eigenvalue weighted by Gasteiger charge is 2.19. The number of carbonyl (C=O) groups is 1. The summed E-state index contributed by atoms with van der Waals surface area (Å²) in [5.41, 5.74) is 0.959. The highest BCUT2D eigenvalue weighted by molar-refractivity contribution is 7.99. The molecule has 1 heterocycles. The number of rotatable bonds is 9. The third-order valence-corrected chi connectivity index (χ3v) is 5.85. The summed E-state index contributed by atoms with van der Waals surface area (Å²) in [6.45, 7) is 6.58. The topological polar surface area (TPSA) is 69.0 Å². The van der Waals surface area contributed by atoms with Crippen LogP contribution in [0.1, 0.15) is 37.1 Å². The number of aryl methyl sites for hydroxylation is 1. The Morgan fingerprint density at radius 1 is 1.43 bits per heavy atom. The Kier molecular flexibility index (Phi) is 7.39. The molecule has 28 heavy (non-hydrogen) atoms. The minimum absolute atomic E-state index is 0.0413. The Balaban J connectivity index is 1.60. The molecule has 0 atom stereocenters. The van der Waals surface area contributed by atoms with Crippen molar-refractivity contribution < 1.29 is 9.53 Å². The number of allylic oxidation sites excluding steroid dienone is 1. The van der Waals surface area contributed by atoms with Crippen LogP contribution in [0, 0.1) is 6.92 Å². The minimum atomic E-state index is 0.0413. The van der Waals surface area contributed by atoms with Gasteiger partial charge >= 0.3 is 0 Å². The smallest absolute Gasteiger partial charge is 0.230 e. The molecule has 0 unspecified atom stereocenters. The van der Waals surface area contributed by atoms with E-state index in [9.17, 15) is 4.79 Å². The summed E-state index contributed by atoms with van der Waals surface area (Å²) in [4.78, 5) is 12.2. The van der Waals surface area contributed by atoms with Gasteiger partial charge in [0.1, 0.15) is 12.4 Å². The molecule has 8 heteroatoms. The second-order valence-corrected chi connectivity index (χ2v) is 8.21. The maximum Gasteiger partial charge on any atom is 0.230 e. The van der Waals surface area contributed by atoms with Gasteiger partial charge < -0.3 is 10.1 Å². The number of ether oxygens (including phenoxy) is 1. The summed E-state index contributed by atoms with van der Waals surface area (Å²) < 4.78 is 7.81. The number of nitrogens with zero attached hydrogens (tertiary/aromatic N) is 3. The quantitative estimate of drug-likeness (QED) is 0.487. The molecule has 1 amide bonds.